The number of benzene rings is 1. The second-order valence-corrected chi connectivity index (χ2v) is 6.58. The minimum absolute atomic E-state index is 0.118. The number of furan rings is 1. The highest BCUT2D eigenvalue weighted by Gasteiger charge is 2.14. The molecule has 7 heteroatoms. The maximum Gasteiger partial charge on any atom is 0.255 e. The fourth-order valence-corrected chi connectivity index (χ4v) is 3.04. The molecule has 2 aromatic heterocycles. The first-order valence-electron chi connectivity index (χ1n) is 9.32. The Kier molecular flexibility index (Phi) is 6.28. The summed E-state index contributed by atoms with van der Waals surface area (Å²) in [4.78, 5) is 24.3. The smallest absolute Gasteiger partial charge is 0.255 e. The van der Waals surface area contributed by atoms with E-state index in [9.17, 15) is 9.59 Å². The second-order valence-electron chi connectivity index (χ2n) is 6.58. The Balaban J connectivity index is 2.03. The van der Waals surface area contributed by atoms with Crippen molar-refractivity contribution in [2.24, 2.45) is 5.73 Å². The molecule has 0 spiro atoms. The number of hydrogen-bond donors (Lipinski definition) is 2. The topological polar surface area (TPSA) is 99.5 Å². The molecule has 3 rings (SSSR count). The Labute approximate surface area is 163 Å². The van der Waals surface area contributed by atoms with Crippen LogP contribution in [0.15, 0.2) is 51.9 Å². The monoisotopic (exact) mass is 383 g/mol. The molecule has 3 aromatic rings. The van der Waals surface area contributed by atoms with Crippen molar-refractivity contribution in [1.82, 2.24) is 9.88 Å². The van der Waals surface area contributed by atoms with Gasteiger partial charge in [-0.2, -0.15) is 0 Å². The highest BCUT2D eigenvalue weighted by Crippen LogP contribution is 2.24. The predicted molar refractivity (Wildman–Crippen MR) is 108 cm³/mol. The van der Waals surface area contributed by atoms with E-state index in [2.05, 4.69) is 5.32 Å². The number of aromatic nitrogens is 1. The van der Waals surface area contributed by atoms with Crippen LogP contribution in [0.4, 0.5) is 0 Å². The first kappa shape index (κ1) is 19.9. The van der Waals surface area contributed by atoms with Gasteiger partial charge in [-0.25, -0.2) is 0 Å². The summed E-state index contributed by atoms with van der Waals surface area (Å²) in [5.41, 5.74) is 7.46. The number of nitrogens with two attached hydrogens (primary N) is 1. The molecule has 1 amide bonds. The van der Waals surface area contributed by atoms with E-state index in [4.69, 9.17) is 14.9 Å². The minimum Gasteiger partial charge on any atom is -0.464 e. The fraction of sp³-hybridized carbons (Fsp3) is 0.333. The summed E-state index contributed by atoms with van der Waals surface area (Å²) in [7, 11) is 0. The summed E-state index contributed by atoms with van der Waals surface area (Å²) >= 11 is 0. The maximum absolute atomic E-state index is 13.1. The van der Waals surface area contributed by atoms with E-state index < -0.39 is 11.9 Å². The molecule has 0 saturated heterocycles. The van der Waals surface area contributed by atoms with E-state index in [1.54, 1.807) is 17.8 Å². The minimum atomic E-state index is -0.520. The molecule has 28 heavy (non-hydrogen) atoms. The van der Waals surface area contributed by atoms with Crippen LogP contribution in [0, 0.1) is 0 Å². The van der Waals surface area contributed by atoms with Gasteiger partial charge in [0.2, 0.25) is 5.91 Å². The number of ether oxygens (including phenoxy) is 1. The lowest BCUT2D eigenvalue weighted by atomic mass is 10.1. The van der Waals surface area contributed by atoms with Crippen molar-refractivity contribution >= 4 is 16.8 Å². The number of amides is 1. The summed E-state index contributed by atoms with van der Waals surface area (Å²) < 4.78 is 12.7. The number of pyridine rings is 1. The van der Waals surface area contributed by atoms with Gasteiger partial charge in [0.1, 0.15) is 5.76 Å². The van der Waals surface area contributed by atoms with Crippen molar-refractivity contribution < 1.29 is 13.9 Å². The van der Waals surface area contributed by atoms with Gasteiger partial charge >= 0.3 is 0 Å². The van der Waals surface area contributed by atoms with Crippen LogP contribution in [0.3, 0.4) is 0 Å². The molecule has 0 unspecified atom stereocenters. The average Bonchev–Trinajstić information content (AvgIpc) is 3.22. The van der Waals surface area contributed by atoms with Gasteiger partial charge in [-0.05, 0) is 43.5 Å². The van der Waals surface area contributed by atoms with Crippen molar-refractivity contribution in [3.05, 3.63) is 58.6 Å². The van der Waals surface area contributed by atoms with E-state index in [1.807, 2.05) is 43.3 Å². The number of hydrogen-bond acceptors (Lipinski definition) is 5. The van der Waals surface area contributed by atoms with Gasteiger partial charge in [0.25, 0.3) is 5.56 Å². The van der Waals surface area contributed by atoms with Crippen molar-refractivity contribution in [1.29, 1.82) is 0 Å². The molecule has 0 saturated carbocycles. The van der Waals surface area contributed by atoms with Crippen LogP contribution in [0.5, 0.6) is 0 Å². The van der Waals surface area contributed by atoms with Gasteiger partial charge in [0.15, 0.2) is 0 Å². The van der Waals surface area contributed by atoms with Crippen molar-refractivity contribution in [3.63, 3.8) is 0 Å². The number of primary amides is 1. The number of nitrogens with one attached hydrogen (secondary N) is 1. The lowest BCUT2D eigenvalue weighted by Gasteiger charge is -2.15. The Bertz CT molecular complexity index is 1010. The first-order valence-corrected chi connectivity index (χ1v) is 9.32. The standard InChI is InChI=1S/C21H25N3O4/c1-3-27-10-8-24-18-12-16(19-5-4-9-28-19)7-6-15(18)11-17(21(24)26)13-23-14(2)20(22)25/h4-7,9,11-12,14,23H,3,8,10,13H2,1-2H3,(H2,22,25)/t14-/m0/s1. The number of fused-ring (bicyclic) bond motifs is 1. The third kappa shape index (κ3) is 4.32. The van der Waals surface area contributed by atoms with Gasteiger partial charge in [-0.15, -0.1) is 0 Å². The van der Waals surface area contributed by atoms with E-state index in [1.165, 1.54) is 0 Å². The zero-order valence-corrected chi connectivity index (χ0v) is 16.1. The zero-order valence-electron chi connectivity index (χ0n) is 16.1. The summed E-state index contributed by atoms with van der Waals surface area (Å²) in [6, 6.07) is 10.9. The van der Waals surface area contributed by atoms with Gasteiger partial charge in [0, 0.05) is 30.8 Å². The Morgan fingerprint density at radius 3 is 2.82 bits per heavy atom. The number of rotatable bonds is 9. The van der Waals surface area contributed by atoms with E-state index in [0.29, 0.717) is 25.3 Å². The van der Waals surface area contributed by atoms with Crippen LogP contribution in [-0.2, 0) is 22.6 Å². The van der Waals surface area contributed by atoms with Gasteiger partial charge in [-0.1, -0.05) is 12.1 Å². The third-order valence-corrected chi connectivity index (χ3v) is 4.67. The third-order valence-electron chi connectivity index (χ3n) is 4.67. The lowest BCUT2D eigenvalue weighted by molar-refractivity contribution is -0.119. The quantitative estimate of drug-likeness (QED) is 0.552. The number of carbonyl (C=O) groups is 1. The first-order chi connectivity index (χ1) is 13.5. The Hall–Kier alpha value is -2.90. The van der Waals surface area contributed by atoms with Gasteiger partial charge in [0.05, 0.1) is 24.4 Å². The number of carbonyl (C=O) groups excluding carboxylic acids is 1. The van der Waals surface area contributed by atoms with E-state index in [0.717, 1.165) is 22.2 Å². The summed E-state index contributed by atoms with van der Waals surface area (Å²) in [6.45, 7) is 5.30. The SMILES string of the molecule is CCOCCn1c(=O)c(CN[C@@H](C)C(N)=O)cc2ccc(-c3ccco3)cc21. The molecule has 0 bridgehead atoms. The van der Waals surface area contributed by atoms with Crippen molar-refractivity contribution in [2.75, 3.05) is 13.2 Å². The molecule has 3 N–H and O–H groups in total. The van der Waals surface area contributed by atoms with Gasteiger partial charge in [-0.3, -0.25) is 9.59 Å². The molecular formula is C21H25N3O4. The predicted octanol–water partition coefficient (Wildman–Crippen LogP) is 2.26. The largest absolute Gasteiger partial charge is 0.464 e. The molecular weight excluding hydrogens is 358 g/mol. The van der Waals surface area contributed by atoms with Crippen LogP contribution in [0.25, 0.3) is 22.2 Å². The van der Waals surface area contributed by atoms with Crippen LogP contribution >= 0.6 is 0 Å². The summed E-state index contributed by atoms with van der Waals surface area (Å²) in [6.07, 6.45) is 1.62. The van der Waals surface area contributed by atoms with Crippen molar-refractivity contribution in [3.8, 4) is 11.3 Å². The van der Waals surface area contributed by atoms with Crippen LogP contribution < -0.4 is 16.6 Å². The molecule has 1 atom stereocenters. The molecule has 0 aliphatic rings. The zero-order chi connectivity index (χ0) is 20.1. The Morgan fingerprint density at radius 2 is 2.14 bits per heavy atom. The van der Waals surface area contributed by atoms with E-state index in [-0.39, 0.29) is 12.1 Å². The average molecular weight is 383 g/mol. The second kappa shape index (κ2) is 8.86. The summed E-state index contributed by atoms with van der Waals surface area (Å²) in [5.74, 6) is 0.285. The molecule has 7 nitrogen and oxygen atoms in total. The molecule has 0 aliphatic carbocycles. The molecule has 1 aromatic carbocycles. The normalized spacial score (nSPS) is 12.4. The maximum atomic E-state index is 13.1. The fourth-order valence-electron chi connectivity index (χ4n) is 3.04. The summed E-state index contributed by atoms with van der Waals surface area (Å²) in [5, 5.41) is 3.92. The van der Waals surface area contributed by atoms with Crippen molar-refractivity contribution in [2.45, 2.75) is 33.0 Å². The highest BCUT2D eigenvalue weighted by molar-refractivity contribution is 5.84. The molecule has 2 heterocycles. The molecule has 0 aliphatic heterocycles. The van der Waals surface area contributed by atoms with E-state index >= 15 is 0 Å². The number of nitrogens with zero attached hydrogens (tertiary/aromatic N) is 1. The molecule has 0 radical (unpaired) electrons. The highest BCUT2D eigenvalue weighted by atomic mass is 16.5. The van der Waals surface area contributed by atoms with Crippen LogP contribution in [0.2, 0.25) is 0 Å². The Morgan fingerprint density at radius 1 is 1.32 bits per heavy atom. The van der Waals surface area contributed by atoms with Crippen LogP contribution in [0.1, 0.15) is 19.4 Å². The van der Waals surface area contributed by atoms with Gasteiger partial charge < -0.3 is 24.8 Å². The molecule has 0 fully saturated rings. The lowest BCUT2D eigenvalue weighted by Crippen LogP contribution is -2.39. The molecule has 148 valence electrons. The van der Waals surface area contributed by atoms with Crippen LogP contribution in [-0.4, -0.2) is 29.7 Å².